The molecule has 4 rings (SSSR count). The van der Waals surface area contributed by atoms with Crippen molar-refractivity contribution in [1.82, 2.24) is 15.5 Å². The molecule has 1 aromatic heterocycles. The summed E-state index contributed by atoms with van der Waals surface area (Å²) in [7, 11) is 0. The third kappa shape index (κ3) is 4.16. The van der Waals surface area contributed by atoms with Crippen molar-refractivity contribution in [2.45, 2.75) is 19.4 Å². The van der Waals surface area contributed by atoms with Crippen LogP contribution >= 0.6 is 0 Å². The first-order valence-corrected chi connectivity index (χ1v) is 9.25. The smallest absolute Gasteiger partial charge is 0.266 e. The molecule has 6 nitrogen and oxygen atoms in total. The third-order valence-corrected chi connectivity index (χ3v) is 4.89. The molecule has 2 aromatic carbocycles. The zero-order valence-electron chi connectivity index (χ0n) is 15.0. The van der Waals surface area contributed by atoms with E-state index in [4.69, 9.17) is 4.52 Å². The number of rotatable bonds is 5. The Morgan fingerprint density at radius 3 is 2.41 bits per heavy atom. The first-order chi connectivity index (χ1) is 13.3. The highest BCUT2D eigenvalue weighted by molar-refractivity contribution is 5.78. The van der Waals surface area contributed by atoms with E-state index in [-0.39, 0.29) is 11.8 Å². The Hall–Kier alpha value is -3.15. The molecular formula is C21H22N4O2. The second kappa shape index (κ2) is 8.03. The van der Waals surface area contributed by atoms with Crippen LogP contribution in [0.3, 0.4) is 0 Å². The fourth-order valence-corrected chi connectivity index (χ4v) is 3.31. The van der Waals surface area contributed by atoms with E-state index in [1.807, 2.05) is 60.7 Å². The van der Waals surface area contributed by atoms with Crippen molar-refractivity contribution in [1.29, 1.82) is 0 Å². The van der Waals surface area contributed by atoms with Crippen LogP contribution in [0.4, 0.5) is 5.95 Å². The minimum atomic E-state index is 0.0328. The summed E-state index contributed by atoms with van der Waals surface area (Å²) in [5.41, 5.74) is 2.02. The second-order valence-corrected chi connectivity index (χ2v) is 6.73. The van der Waals surface area contributed by atoms with Gasteiger partial charge in [0.2, 0.25) is 5.91 Å². The lowest BCUT2D eigenvalue weighted by molar-refractivity contribution is -0.125. The molecule has 0 spiro atoms. The van der Waals surface area contributed by atoms with Crippen LogP contribution in [-0.2, 0) is 11.3 Å². The van der Waals surface area contributed by atoms with E-state index in [1.165, 1.54) is 0 Å². The number of nitrogens with zero attached hydrogens (tertiary/aromatic N) is 3. The van der Waals surface area contributed by atoms with Gasteiger partial charge in [0.05, 0.1) is 0 Å². The summed E-state index contributed by atoms with van der Waals surface area (Å²) in [5, 5.41) is 7.14. The molecule has 1 fully saturated rings. The van der Waals surface area contributed by atoms with E-state index < -0.39 is 0 Å². The standard InChI is InChI=1S/C21H22N4O2/c26-19(22-15-16-7-3-1-4-8-16)17-11-13-25(14-12-17)21-23-20(27-24-21)18-9-5-2-6-10-18/h1-10,17H,11-15H2,(H,22,26). The van der Waals surface area contributed by atoms with Gasteiger partial charge in [-0.15, -0.1) is 0 Å². The maximum absolute atomic E-state index is 12.4. The SMILES string of the molecule is O=C(NCc1ccccc1)C1CCN(c2noc(-c3ccccc3)n2)CC1. The number of carbonyl (C=O) groups excluding carboxylic acids is 1. The van der Waals surface area contributed by atoms with Gasteiger partial charge in [0, 0.05) is 31.1 Å². The van der Waals surface area contributed by atoms with E-state index >= 15 is 0 Å². The average Bonchev–Trinajstić information content (AvgIpc) is 3.24. The molecule has 0 unspecified atom stereocenters. The summed E-state index contributed by atoms with van der Waals surface area (Å²) >= 11 is 0. The van der Waals surface area contributed by atoms with Crippen LogP contribution in [0.5, 0.6) is 0 Å². The Morgan fingerprint density at radius 1 is 1.04 bits per heavy atom. The van der Waals surface area contributed by atoms with Crippen molar-refractivity contribution < 1.29 is 9.32 Å². The summed E-state index contributed by atoms with van der Waals surface area (Å²) in [6.45, 7) is 2.07. The summed E-state index contributed by atoms with van der Waals surface area (Å²) in [6, 6.07) is 19.7. The molecular weight excluding hydrogens is 340 g/mol. The zero-order chi connectivity index (χ0) is 18.5. The molecule has 2 heterocycles. The molecule has 0 aliphatic carbocycles. The monoisotopic (exact) mass is 362 g/mol. The number of benzene rings is 2. The molecule has 3 aromatic rings. The number of carbonyl (C=O) groups is 1. The van der Waals surface area contributed by atoms with Gasteiger partial charge in [0.1, 0.15) is 0 Å². The maximum Gasteiger partial charge on any atom is 0.266 e. The fourth-order valence-electron chi connectivity index (χ4n) is 3.31. The van der Waals surface area contributed by atoms with Crippen molar-refractivity contribution in [3.8, 4) is 11.5 Å². The minimum absolute atomic E-state index is 0.0328. The molecule has 0 bridgehead atoms. The number of hydrogen-bond acceptors (Lipinski definition) is 5. The number of aromatic nitrogens is 2. The molecule has 0 atom stereocenters. The molecule has 0 saturated carbocycles. The van der Waals surface area contributed by atoms with Crippen LogP contribution in [0.1, 0.15) is 18.4 Å². The predicted molar refractivity (Wildman–Crippen MR) is 103 cm³/mol. The van der Waals surface area contributed by atoms with Crippen LogP contribution in [0, 0.1) is 5.92 Å². The molecule has 1 saturated heterocycles. The molecule has 1 N–H and O–H groups in total. The van der Waals surface area contributed by atoms with Crippen molar-refractivity contribution in [2.75, 3.05) is 18.0 Å². The molecule has 27 heavy (non-hydrogen) atoms. The van der Waals surface area contributed by atoms with Gasteiger partial charge in [0.25, 0.3) is 11.8 Å². The van der Waals surface area contributed by atoms with Gasteiger partial charge < -0.3 is 14.7 Å². The van der Waals surface area contributed by atoms with Crippen molar-refractivity contribution in [3.05, 3.63) is 66.2 Å². The van der Waals surface area contributed by atoms with Crippen molar-refractivity contribution >= 4 is 11.9 Å². The number of anilines is 1. The van der Waals surface area contributed by atoms with Crippen LogP contribution in [0.2, 0.25) is 0 Å². The van der Waals surface area contributed by atoms with Crippen molar-refractivity contribution in [2.24, 2.45) is 5.92 Å². The number of hydrogen-bond donors (Lipinski definition) is 1. The van der Waals surface area contributed by atoms with Gasteiger partial charge >= 0.3 is 0 Å². The topological polar surface area (TPSA) is 71.3 Å². The highest BCUT2D eigenvalue weighted by Gasteiger charge is 2.27. The van der Waals surface area contributed by atoms with Crippen LogP contribution in [0.15, 0.2) is 65.2 Å². The lowest BCUT2D eigenvalue weighted by Crippen LogP contribution is -2.40. The van der Waals surface area contributed by atoms with E-state index in [1.54, 1.807) is 0 Å². The Labute approximate surface area is 158 Å². The third-order valence-electron chi connectivity index (χ3n) is 4.89. The quantitative estimate of drug-likeness (QED) is 0.754. The van der Waals surface area contributed by atoms with Gasteiger partial charge in [-0.25, -0.2) is 0 Å². The molecule has 6 heteroatoms. The first kappa shape index (κ1) is 17.3. The summed E-state index contributed by atoms with van der Waals surface area (Å²) in [5.74, 6) is 1.27. The van der Waals surface area contributed by atoms with E-state index in [9.17, 15) is 4.79 Å². The molecule has 1 aliphatic rings. The highest BCUT2D eigenvalue weighted by atomic mass is 16.5. The number of amides is 1. The van der Waals surface area contributed by atoms with Gasteiger partial charge in [-0.05, 0) is 35.7 Å². The lowest BCUT2D eigenvalue weighted by atomic mass is 9.96. The predicted octanol–water partition coefficient (Wildman–Crippen LogP) is 3.27. The summed E-state index contributed by atoms with van der Waals surface area (Å²) < 4.78 is 5.38. The van der Waals surface area contributed by atoms with Gasteiger partial charge in [-0.3, -0.25) is 4.79 Å². The second-order valence-electron chi connectivity index (χ2n) is 6.73. The largest absolute Gasteiger partial charge is 0.352 e. The summed E-state index contributed by atoms with van der Waals surface area (Å²) in [6.07, 6.45) is 1.58. The van der Waals surface area contributed by atoms with Gasteiger partial charge in [-0.1, -0.05) is 48.5 Å². The Kier molecular flexibility index (Phi) is 5.14. The Balaban J connectivity index is 1.30. The van der Waals surface area contributed by atoms with Crippen LogP contribution in [0.25, 0.3) is 11.5 Å². The maximum atomic E-state index is 12.4. The van der Waals surface area contributed by atoms with Gasteiger partial charge in [0.15, 0.2) is 0 Å². The first-order valence-electron chi connectivity index (χ1n) is 9.25. The molecule has 1 aliphatic heterocycles. The molecule has 138 valence electrons. The van der Waals surface area contributed by atoms with Gasteiger partial charge in [-0.2, -0.15) is 4.98 Å². The Bertz CT molecular complexity index is 871. The molecule has 0 radical (unpaired) electrons. The normalized spacial score (nSPS) is 14.9. The average molecular weight is 362 g/mol. The van der Waals surface area contributed by atoms with Crippen LogP contribution in [-0.4, -0.2) is 29.1 Å². The van der Waals surface area contributed by atoms with E-state index in [0.29, 0.717) is 18.4 Å². The number of nitrogens with one attached hydrogen (secondary N) is 1. The number of piperidine rings is 1. The van der Waals surface area contributed by atoms with E-state index in [0.717, 1.165) is 37.1 Å². The highest BCUT2D eigenvalue weighted by Crippen LogP contribution is 2.24. The zero-order valence-corrected chi connectivity index (χ0v) is 15.0. The minimum Gasteiger partial charge on any atom is -0.352 e. The van der Waals surface area contributed by atoms with Crippen LogP contribution < -0.4 is 10.2 Å². The Morgan fingerprint density at radius 2 is 1.70 bits per heavy atom. The molecule has 1 amide bonds. The lowest BCUT2D eigenvalue weighted by Gasteiger charge is -2.30. The van der Waals surface area contributed by atoms with Crippen molar-refractivity contribution in [3.63, 3.8) is 0 Å². The fraction of sp³-hybridized carbons (Fsp3) is 0.286. The van der Waals surface area contributed by atoms with E-state index in [2.05, 4.69) is 20.4 Å². The summed E-state index contributed by atoms with van der Waals surface area (Å²) in [4.78, 5) is 19.0.